The van der Waals surface area contributed by atoms with Gasteiger partial charge in [0, 0.05) is 0 Å². The predicted molar refractivity (Wildman–Crippen MR) is 70.1 cm³/mol. The summed E-state index contributed by atoms with van der Waals surface area (Å²) >= 11 is 0. The lowest BCUT2D eigenvalue weighted by Gasteiger charge is -2.14. The van der Waals surface area contributed by atoms with Crippen LogP contribution in [0.5, 0.6) is 0 Å². The SMILES string of the molecule is Nc1ccc(Cc2cc(C(F)(F)F)cc(C(F)(F)F)c2)cc1F. The standard InChI is InChI=1S/C15H10F7N/c16-12-6-8(1-2-13(12)23)3-9-4-10(14(17,18)19)7-11(5-9)15(20,21)22/h1-2,4-7H,3,23H2. The average molecular weight is 337 g/mol. The maximum absolute atomic E-state index is 13.3. The van der Waals surface area contributed by atoms with Crippen LogP contribution in [-0.2, 0) is 18.8 Å². The van der Waals surface area contributed by atoms with Crippen LogP contribution in [0.2, 0.25) is 0 Å². The van der Waals surface area contributed by atoms with Crippen LogP contribution in [0, 0.1) is 5.82 Å². The zero-order valence-corrected chi connectivity index (χ0v) is 11.4. The number of hydrogen-bond acceptors (Lipinski definition) is 1. The fourth-order valence-corrected chi connectivity index (χ4v) is 2.04. The van der Waals surface area contributed by atoms with Gasteiger partial charge in [-0.15, -0.1) is 0 Å². The Kier molecular flexibility index (Phi) is 4.28. The van der Waals surface area contributed by atoms with E-state index >= 15 is 0 Å². The van der Waals surface area contributed by atoms with E-state index in [9.17, 15) is 30.7 Å². The number of benzene rings is 2. The van der Waals surface area contributed by atoms with Gasteiger partial charge in [-0.2, -0.15) is 26.3 Å². The molecule has 0 aliphatic heterocycles. The molecule has 0 amide bonds. The Bertz CT molecular complexity index is 684. The third-order valence-corrected chi connectivity index (χ3v) is 3.12. The molecular formula is C15H10F7N. The Morgan fingerprint density at radius 2 is 1.26 bits per heavy atom. The van der Waals surface area contributed by atoms with Gasteiger partial charge in [0.05, 0.1) is 16.8 Å². The summed E-state index contributed by atoms with van der Waals surface area (Å²) in [5.41, 5.74) is 2.29. The highest BCUT2D eigenvalue weighted by Crippen LogP contribution is 2.36. The van der Waals surface area contributed by atoms with E-state index in [0.717, 1.165) is 6.07 Å². The highest BCUT2D eigenvalue weighted by Gasteiger charge is 2.36. The topological polar surface area (TPSA) is 26.0 Å². The van der Waals surface area contributed by atoms with Gasteiger partial charge in [-0.3, -0.25) is 0 Å². The first-order valence-electron chi connectivity index (χ1n) is 6.29. The molecule has 124 valence electrons. The maximum atomic E-state index is 13.3. The molecule has 0 aliphatic rings. The minimum atomic E-state index is -4.91. The number of nitrogen functional groups attached to an aromatic ring is 1. The number of rotatable bonds is 2. The van der Waals surface area contributed by atoms with Gasteiger partial charge in [-0.1, -0.05) is 6.07 Å². The second kappa shape index (κ2) is 5.75. The lowest BCUT2D eigenvalue weighted by molar-refractivity contribution is -0.143. The minimum absolute atomic E-state index is 0.0487. The monoisotopic (exact) mass is 337 g/mol. The first-order valence-corrected chi connectivity index (χ1v) is 6.29. The summed E-state index contributed by atoms with van der Waals surface area (Å²) in [5, 5.41) is 0. The van der Waals surface area contributed by atoms with Gasteiger partial charge >= 0.3 is 12.4 Å². The van der Waals surface area contributed by atoms with Gasteiger partial charge in [0.25, 0.3) is 0 Å². The van der Waals surface area contributed by atoms with Gasteiger partial charge < -0.3 is 5.73 Å². The Balaban J connectivity index is 2.46. The van der Waals surface area contributed by atoms with Crippen LogP contribution in [0.25, 0.3) is 0 Å². The van der Waals surface area contributed by atoms with E-state index in [1.165, 1.54) is 12.1 Å². The highest BCUT2D eigenvalue weighted by molar-refractivity contribution is 5.43. The third kappa shape index (κ3) is 4.14. The first kappa shape index (κ1) is 17.1. The normalized spacial score (nSPS) is 12.5. The summed E-state index contributed by atoms with van der Waals surface area (Å²) in [6.07, 6.45) is -10.1. The third-order valence-electron chi connectivity index (χ3n) is 3.12. The Morgan fingerprint density at radius 1 is 0.739 bits per heavy atom. The fourth-order valence-electron chi connectivity index (χ4n) is 2.04. The van der Waals surface area contributed by atoms with E-state index in [2.05, 4.69) is 0 Å². The van der Waals surface area contributed by atoms with Crippen molar-refractivity contribution >= 4 is 5.69 Å². The molecule has 0 saturated carbocycles. The van der Waals surface area contributed by atoms with Crippen LogP contribution in [0.4, 0.5) is 36.4 Å². The van der Waals surface area contributed by atoms with Gasteiger partial charge in [0.2, 0.25) is 0 Å². The van der Waals surface area contributed by atoms with Crippen molar-refractivity contribution in [1.82, 2.24) is 0 Å². The van der Waals surface area contributed by atoms with Crippen molar-refractivity contribution in [1.29, 1.82) is 0 Å². The minimum Gasteiger partial charge on any atom is -0.396 e. The highest BCUT2D eigenvalue weighted by atomic mass is 19.4. The van der Waals surface area contributed by atoms with Crippen molar-refractivity contribution in [3.05, 3.63) is 64.5 Å². The molecule has 0 atom stereocenters. The van der Waals surface area contributed by atoms with Crippen molar-refractivity contribution in [2.24, 2.45) is 0 Å². The Hall–Kier alpha value is -2.25. The van der Waals surface area contributed by atoms with Crippen molar-refractivity contribution < 1.29 is 30.7 Å². The molecule has 0 radical (unpaired) electrons. The molecule has 0 unspecified atom stereocenters. The summed E-state index contributed by atoms with van der Waals surface area (Å²) in [6, 6.07) is 4.79. The molecule has 0 bridgehead atoms. The van der Waals surface area contributed by atoms with Crippen LogP contribution in [0.15, 0.2) is 36.4 Å². The van der Waals surface area contributed by atoms with E-state index in [0.29, 0.717) is 12.1 Å². The summed E-state index contributed by atoms with van der Waals surface area (Å²) in [5.74, 6) is -0.787. The van der Waals surface area contributed by atoms with E-state index in [4.69, 9.17) is 5.73 Å². The van der Waals surface area contributed by atoms with E-state index in [1.807, 2.05) is 0 Å². The summed E-state index contributed by atoms with van der Waals surface area (Å²) in [6.45, 7) is 0. The molecular weight excluding hydrogens is 327 g/mol. The summed E-state index contributed by atoms with van der Waals surface area (Å²) < 4.78 is 89.8. The number of halogens is 7. The largest absolute Gasteiger partial charge is 0.416 e. The molecule has 2 aromatic rings. The number of anilines is 1. The van der Waals surface area contributed by atoms with Crippen LogP contribution in [0.3, 0.4) is 0 Å². The summed E-state index contributed by atoms with van der Waals surface area (Å²) in [4.78, 5) is 0. The van der Waals surface area contributed by atoms with Gasteiger partial charge in [0.15, 0.2) is 0 Å². The molecule has 2 N–H and O–H groups in total. The molecule has 0 fully saturated rings. The molecule has 8 heteroatoms. The van der Waals surface area contributed by atoms with E-state index < -0.39 is 29.3 Å². The molecule has 0 saturated heterocycles. The van der Waals surface area contributed by atoms with Crippen molar-refractivity contribution in [2.45, 2.75) is 18.8 Å². The van der Waals surface area contributed by atoms with Gasteiger partial charge in [-0.05, 0) is 47.9 Å². The van der Waals surface area contributed by atoms with Crippen molar-refractivity contribution in [3.8, 4) is 0 Å². The molecule has 0 aliphatic carbocycles. The van der Waals surface area contributed by atoms with Crippen LogP contribution in [-0.4, -0.2) is 0 Å². The van der Waals surface area contributed by atoms with Gasteiger partial charge in [-0.25, -0.2) is 4.39 Å². The molecule has 2 rings (SSSR count). The van der Waals surface area contributed by atoms with Crippen molar-refractivity contribution in [3.63, 3.8) is 0 Å². The second-order valence-corrected chi connectivity index (χ2v) is 4.95. The smallest absolute Gasteiger partial charge is 0.396 e. The Morgan fingerprint density at radius 3 is 1.70 bits per heavy atom. The molecule has 1 nitrogen and oxygen atoms in total. The van der Waals surface area contributed by atoms with Crippen molar-refractivity contribution in [2.75, 3.05) is 5.73 Å². The molecule has 2 aromatic carbocycles. The predicted octanol–water partition coefficient (Wildman–Crippen LogP) is 5.04. The zero-order chi connectivity index (χ0) is 17.4. The summed E-state index contributed by atoms with van der Waals surface area (Å²) in [7, 11) is 0. The van der Waals surface area contributed by atoms with Crippen LogP contribution < -0.4 is 5.73 Å². The van der Waals surface area contributed by atoms with E-state index in [1.54, 1.807) is 0 Å². The maximum Gasteiger partial charge on any atom is 0.416 e. The number of hydrogen-bond donors (Lipinski definition) is 1. The molecule has 0 aromatic heterocycles. The van der Waals surface area contributed by atoms with Gasteiger partial charge in [0.1, 0.15) is 5.82 Å². The van der Waals surface area contributed by atoms with E-state index in [-0.39, 0.29) is 29.3 Å². The fraction of sp³-hybridized carbons (Fsp3) is 0.200. The molecule has 0 spiro atoms. The second-order valence-electron chi connectivity index (χ2n) is 4.95. The van der Waals surface area contributed by atoms with Crippen LogP contribution in [0.1, 0.15) is 22.3 Å². The lowest BCUT2D eigenvalue weighted by Crippen LogP contribution is -2.12. The first-order chi connectivity index (χ1) is 10.5. The molecule has 0 heterocycles. The lowest BCUT2D eigenvalue weighted by atomic mass is 9.99. The zero-order valence-electron chi connectivity index (χ0n) is 11.4. The number of nitrogens with two attached hydrogens (primary N) is 1. The molecule has 23 heavy (non-hydrogen) atoms. The number of alkyl halides is 6. The average Bonchev–Trinajstić information content (AvgIpc) is 2.41. The Labute approximate surface area is 126 Å². The quantitative estimate of drug-likeness (QED) is 0.603. The van der Waals surface area contributed by atoms with Crippen LogP contribution >= 0.6 is 0 Å².